The first-order chi connectivity index (χ1) is 12.6. The van der Waals surface area contributed by atoms with Crippen LogP contribution in [0.2, 0.25) is 0 Å². The molecule has 1 aromatic heterocycles. The number of non-ortho nitro benzene ring substituents is 1. The monoisotopic (exact) mass is 343 g/mol. The van der Waals surface area contributed by atoms with Crippen LogP contribution in [0.1, 0.15) is 0 Å². The van der Waals surface area contributed by atoms with Crippen LogP contribution in [0, 0.1) is 10.1 Å². The van der Waals surface area contributed by atoms with E-state index in [2.05, 4.69) is 9.97 Å². The zero-order valence-corrected chi connectivity index (χ0v) is 13.5. The number of aromatic nitrogens is 2. The lowest BCUT2D eigenvalue weighted by Gasteiger charge is -2.10. The minimum absolute atomic E-state index is 0.0248. The van der Waals surface area contributed by atoms with Crippen LogP contribution in [0.5, 0.6) is 5.75 Å². The highest BCUT2D eigenvalue weighted by Gasteiger charge is 2.15. The van der Waals surface area contributed by atoms with Crippen molar-refractivity contribution in [2.75, 3.05) is 0 Å². The molecule has 6 heteroatoms. The van der Waals surface area contributed by atoms with Crippen molar-refractivity contribution in [3.63, 3.8) is 0 Å². The van der Waals surface area contributed by atoms with E-state index in [0.29, 0.717) is 22.4 Å². The van der Waals surface area contributed by atoms with Crippen LogP contribution < -0.4 is 0 Å². The van der Waals surface area contributed by atoms with Gasteiger partial charge in [-0.2, -0.15) is 0 Å². The predicted molar refractivity (Wildman–Crippen MR) is 98.7 cm³/mol. The third-order valence-electron chi connectivity index (χ3n) is 4.05. The van der Waals surface area contributed by atoms with Crippen molar-refractivity contribution >= 4 is 16.7 Å². The molecule has 0 aliphatic carbocycles. The normalized spacial score (nSPS) is 10.8. The Hall–Kier alpha value is -3.80. The van der Waals surface area contributed by atoms with E-state index < -0.39 is 4.92 Å². The third kappa shape index (κ3) is 2.84. The molecule has 26 heavy (non-hydrogen) atoms. The fourth-order valence-electron chi connectivity index (χ4n) is 2.77. The van der Waals surface area contributed by atoms with Crippen molar-refractivity contribution in [3.8, 4) is 28.3 Å². The van der Waals surface area contributed by atoms with Gasteiger partial charge in [0.2, 0.25) is 0 Å². The van der Waals surface area contributed by atoms with E-state index in [1.165, 1.54) is 12.1 Å². The molecule has 0 saturated carbocycles. The second kappa shape index (κ2) is 6.25. The average molecular weight is 343 g/mol. The maximum absolute atomic E-state index is 11.1. The molecule has 0 atom stereocenters. The van der Waals surface area contributed by atoms with E-state index in [0.717, 1.165) is 11.1 Å². The highest BCUT2D eigenvalue weighted by molar-refractivity contribution is 5.87. The van der Waals surface area contributed by atoms with Crippen molar-refractivity contribution in [2.24, 2.45) is 0 Å². The molecule has 0 amide bonds. The van der Waals surface area contributed by atoms with Gasteiger partial charge < -0.3 is 5.11 Å². The molecule has 0 fully saturated rings. The molecule has 0 aliphatic rings. The minimum Gasteiger partial charge on any atom is -0.508 e. The van der Waals surface area contributed by atoms with Crippen LogP contribution in [0.25, 0.3) is 33.5 Å². The van der Waals surface area contributed by atoms with E-state index in [1.807, 2.05) is 30.3 Å². The van der Waals surface area contributed by atoms with Gasteiger partial charge in [-0.25, -0.2) is 9.97 Å². The molecule has 126 valence electrons. The van der Waals surface area contributed by atoms with Gasteiger partial charge in [-0.15, -0.1) is 0 Å². The molecule has 0 aliphatic heterocycles. The number of nitro benzene ring substituents is 1. The minimum atomic E-state index is -0.447. The average Bonchev–Trinajstić information content (AvgIpc) is 2.68. The molecule has 0 unspecified atom stereocenters. The van der Waals surface area contributed by atoms with Crippen LogP contribution in [0.4, 0.5) is 5.69 Å². The predicted octanol–water partition coefficient (Wildman–Crippen LogP) is 4.58. The number of nitrogens with zero attached hydrogens (tertiary/aromatic N) is 3. The first-order valence-corrected chi connectivity index (χ1v) is 7.93. The Morgan fingerprint density at radius 1 is 0.769 bits per heavy atom. The van der Waals surface area contributed by atoms with Gasteiger partial charge in [0.05, 0.1) is 27.3 Å². The highest BCUT2D eigenvalue weighted by Crippen LogP contribution is 2.32. The summed E-state index contributed by atoms with van der Waals surface area (Å²) in [6.45, 7) is 0. The molecular formula is C20H13N3O3. The fourth-order valence-corrected chi connectivity index (χ4v) is 2.77. The lowest BCUT2D eigenvalue weighted by Crippen LogP contribution is -1.96. The highest BCUT2D eigenvalue weighted by atomic mass is 16.6. The van der Waals surface area contributed by atoms with Crippen molar-refractivity contribution in [3.05, 3.63) is 82.9 Å². The number of fused-ring (bicyclic) bond motifs is 1. The SMILES string of the molecule is O=[N+]([O-])c1ccc2nc(-c3ccc(O)cc3)c(-c3ccccc3)nc2c1. The Bertz CT molecular complexity index is 1110. The van der Waals surface area contributed by atoms with Crippen molar-refractivity contribution in [2.45, 2.75) is 0 Å². The smallest absolute Gasteiger partial charge is 0.271 e. The van der Waals surface area contributed by atoms with Crippen molar-refractivity contribution < 1.29 is 10.0 Å². The van der Waals surface area contributed by atoms with Gasteiger partial charge in [-0.3, -0.25) is 10.1 Å². The lowest BCUT2D eigenvalue weighted by atomic mass is 10.0. The molecule has 0 radical (unpaired) electrons. The summed E-state index contributed by atoms with van der Waals surface area (Å²) in [6.07, 6.45) is 0. The largest absolute Gasteiger partial charge is 0.508 e. The maximum Gasteiger partial charge on any atom is 0.271 e. The number of aromatic hydroxyl groups is 1. The number of benzene rings is 3. The van der Waals surface area contributed by atoms with Gasteiger partial charge in [0, 0.05) is 23.3 Å². The van der Waals surface area contributed by atoms with Gasteiger partial charge in [0.25, 0.3) is 5.69 Å². The summed E-state index contributed by atoms with van der Waals surface area (Å²) in [4.78, 5) is 19.9. The second-order valence-electron chi connectivity index (χ2n) is 5.76. The Morgan fingerprint density at radius 2 is 1.38 bits per heavy atom. The number of hydrogen-bond donors (Lipinski definition) is 1. The maximum atomic E-state index is 11.1. The van der Waals surface area contributed by atoms with Crippen molar-refractivity contribution in [1.82, 2.24) is 9.97 Å². The topological polar surface area (TPSA) is 89.2 Å². The molecule has 0 bridgehead atoms. The van der Waals surface area contributed by atoms with E-state index in [9.17, 15) is 15.2 Å². The Kier molecular flexibility index (Phi) is 3.78. The summed E-state index contributed by atoms with van der Waals surface area (Å²) in [5, 5.41) is 20.6. The summed E-state index contributed by atoms with van der Waals surface area (Å²) < 4.78 is 0. The van der Waals surface area contributed by atoms with Crippen LogP contribution in [0.3, 0.4) is 0 Å². The van der Waals surface area contributed by atoms with Gasteiger partial charge in [0.1, 0.15) is 5.75 Å². The van der Waals surface area contributed by atoms with Crippen LogP contribution in [-0.4, -0.2) is 20.0 Å². The quantitative estimate of drug-likeness (QED) is 0.434. The summed E-state index contributed by atoms with van der Waals surface area (Å²) in [5.74, 6) is 0.166. The van der Waals surface area contributed by atoms with Gasteiger partial charge in [0.15, 0.2) is 0 Å². The molecule has 4 rings (SSSR count). The van der Waals surface area contributed by atoms with E-state index in [-0.39, 0.29) is 11.4 Å². The van der Waals surface area contributed by atoms with E-state index in [1.54, 1.807) is 30.3 Å². The number of phenolic OH excluding ortho intramolecular Hbond substituents is 1. The van der Waals surface area contributed by atoms with Crippen LogP contribution >= 0.6 is 0 Å². The molecule has 4 aromatic rings. The molecule has 0 spiro atoms. The Morgan fingerprint density at radius 3 is 2.04 bits per heavy atom. The number of phenols is 1. The van der Waals surface area contributed by atoms with Gasteiger partial charge in [-0.05, 0) is 30.3 Å². The molecule has 0 saturated heterocycles. The molecule has 3 aromatic carbocycles. The first-order valence-electron chi connectivity index (χ1n) is 7.93. The van der Waals surface area contributed by atoms with E-state index >= 15 is 0 Å². The summed E-state index contributed by atoms with van der Waals surface area (Å²) in [6, 6.07) is 20.7. The first kappa shape index (κ1) is 15.7. The van der Waals surface area contributed by atoms with Crippen LogP contribution in [-0.2, 0) is 0 Å². The zero-order valence-electron chi connectivity index (χ0n) is 13.5. The number of nitro groups is 1. The molecule has 1 heterocycles. The Labute approximate surface area is 148 Å². The number of rotatable bonds is 3. The Balaban J connectivity index is 2.00. The molecular weight excluding hydrogens is 330 g/mol. The summed E-state index contributed by atoms with van der Waals surface area (Å²) >= 11 is 0. The number of hydrogen-bond acceptors (Lipinski definition) is 5. The van der Waals surface area contributed by atoms with Crippen molar-refractivity contribution in [1.29, 1.82) is 0 Å². The van der Waals surface area contributed by atoms with E-state index in [4.69, 9.17) is 0 Å². The third-order valence-corrected chi connectivity index (χ3v) is 4.05. The molecule has 6 nitrogen and oxygen atoms in total. The summed E-state index contributed by atoms with van der Waals surface area (Å²) in [5.41, 5.74) is 3.94. The molecule has 1 N–H and O–H groups in total. The van der Waals surface area contributed by atoms with Gasteiger partial charge >= 0.3 is 0 Å². The van der Waals surface area contributed by atoms with Crippen LogP contribution in [0.15, 0.2) is 72.8 Å². The lowest BCUT2D eigenvalue weighted by molar-refractivity contribution is -0.384. The standard InChI is InChI=1S/C20H13N3O3/c24-16-9-6-14(7-10-16)20-19(13-4-2-1-3-5-13)22-18-12-15(23(25)26)8-11-17(18)21-20/h1-12,24H. The summed E-state index contributed by atoms with van der Waals surface area (Å²) in [7, 11) is 0. The second-order valence-corrected chi connectivity index (χ2v) is 5.76. The fraction of sp³-hybridized carbons (Fsp3) is 0. The zero-order chi connectivity index (χ0) is 18.1. The van der Waals surface area contributed by atoms with Gasteiger partial charge in [-0.1, -0.05) is 30.3 Å².